The predicted octanol–water partition coefficient (Wildman–Crippen LogP) is 1.44. The molecule has 0 amide bonds. The molecule has 1 aromatic carbocycles. The molecule has 1 heterocycles. The molecule has 0 saturated carbocycles. The monoisotopic (exact) mass is 205 g/mol. The van der Waals surface area contributed by atoms with E-state index in [4.69, 9.17) is 9.94 Å². The summed E-state index contributed by atoms with van der Waals surface area (Å²) in [7, 11) is 0. The Morgan fingerprint density at radius 3 is 3.07 bits per heavy atom. The number of hydrogen-bond donors (Lipinski definition) is 2. The zero-order valence-electron chi connectivity index (χ0n) is 8.06. The van der Waals surface area contributed by atoms with Crippen molar-refractivity contribution in [1.82, 2.24) is 5.48 Å². The molecule has 2 rings (SSSR count). The van der Waals surface area contributed by atoms with E-state index in [9.17, 15) is 4.79 Å². The van der Waals surface area contributed by atoms with Gasteiger partial charge in [0.05, 0.1) is 13.0 Å². The molecular weight excluding hydrogens is 194 g/mol. The van der Waals surface area contributed by atoms with E-state index in [1.807, 2.05) is 30.3 Å². The van der Waals surface area contributed by atoms with Crippen LogP contribution >= 0.6 is 0 Å². The average molecular weight is 205 g/mol. The minimum atomic E-state index is -0.835. The van der Waals surface area contributed by atoms with E-state index in [1.54, 1.807) is 0 Å². The minimum Gasteiger partial charge on any atom is -0.481 e. The van der Waals surface area contributed by atoms with Crippen LogP contribution in [0.25, 0.3) is 5.57 Å². The lowest BCUT2D eigenvalue weighted by atomic mass is 10.0. The molecule has 0 fully saturated rings. The summed E-state index contributed by atoms with van der Waals surface area (Å²) in [6, 6.07) is 7.38. The highest BCUT2D eigenvalue weighted by molar-refractivity contribution is 5.85. The number of fused-ring (bicyclic) bond motifs is 1. The molecular formula is C11H11NO3. The second-order valence-corrected chi connectivity index (χ2v) is 3.25. The molecule has 0 atom stereocenters. The van der Waals surface area contributed by atoms with Crippen LogP contribution in [-0.2, 0) is 4.79 Å². The van der Waals surface area contributed by atoms with E-state index in [2.05, 4.69) is 5.48 Å². The van der Waals surface area contributed by atoms with Crippen molar-refractivity contribution in [2.75, 3.05) is 6.54 Å². The van der Waals surface area contributed by atoms with Crippen molar-refractivity contribution < 1.29 is 14.7 Å². The van der Waals surface area contributed by atoms with Crippen LogP contribution in [0, 0.1) is 0 Å². The number of hydroxylamine groups is 1. The second-order valence-electron chi connectivity index (χ2n) is 3.25. The van der Waals surface area contributed by atoms with Crippen molar-refractivity contribution in [1.29, 1.82) is 0 Å². The van der Waals surface area contributed by atoms with Gasteiger partial charge >= 0.3 is 5.97 Å². The van der Waals surface area contributed by atoms with Crippen molar-refractivity contribution in [3.05, 3.63) is 35.9 Å². The molecule has 2 N–H and O–H groups in total. The summed E-state index contributed by atoms with van der Waals surface area (Å²) >= 11 is 0. The number of carboxylic acids is 1. The standard InChI is InChI=1S/C11H11NO3/c13-11(14)7-8-5-6-12-15-10-4-2-1-3-9(8)10/h1-5,12H,6-7H2,(H,13,14). The summed E-state index contributed by atoms with van der Waals surface area (Å²) < 4.78 is 0. The summed E-state index contributed by atoms with van der Waals surface area (Å²) in [6.45, 7) is 0.511. The van der Waals surface area contributed by atoms with E-state index < -0.39 is 5.97 Å². The van der Waals surface area contributed by atoms with Crippen LogP contribution in [0.4, 0.5) is 0 Å². The third kappa shape index (κ3) is 2.16. The second kappa shape index (κ2) is 4.14. The smallest absolute Gasteiger partial charge is 0.307 e. The van der Waals surface area contributed by atoms with Gasteiger partial charge in [-0.3, -0.25) is 4.79 Å². The first-order chi connectivity index (χ1) is 7.27. The summed E-state index contributed by atoms with van der Waals surface area (Å²) in [5.74, 6) is -0.166. The number of para-hydroxylation sites is 1. The van der Waals surface area contributed by atoms with Crippen molar-refractivity contribution in [2.24, 2.45) is 0 Å². The quantitative estimate of drug-likeness (QED) is 0.767. The third-order valence-corrected chi connectivity index (χ3v) is 2.19. The Balaban J connectivity index is 2.38. The van der Waals surface area contributed by atoms with Crippen LogP contribution in [-0.4, -0.2) is 17.6 Å². The lowest BCUT2D eigenvalue weighted by Gasteiger charge is -2.07. The number of carbonyl (C=O) groups is 1. The Labute approximate surface area is 87.1 Å². The van der Waals surface area contributed by atoms with Crippen molar-refractivity contribution in [3.63, 3.8) is 0 Å². The van der Waals surface area contributed by atoms with Crippen LogP contribution in [0.15, 0.2) is 30.3 Å². The summed E-state index contributed by atoms with van der Waals surface area (Å²) in [5.41, 5.74) is 4.36. The number of rotatable bonds is 2. The highest BCUT2D eigenvalue weighted by Crippen LogP contribution is 2.28. The molecule has 1 aromatic rings. The Hall–Kier alpha value is -1.81. The van der Waals surface area contributed by atoms with Crippen LogP contribution in [0.1, 0.15) is 12.0 Å². The van der Waals surface area contributed by atoms with Crippen LogP contribution in [0.3, 0.4) is 0 Å². The lowest BCUT2D eigenvalue weighted by molar-refractivity contribution is -0.135. The Kier molecular flexibility index (Phi) is 2.69. The van der Waals surface area contributed by atoms with Gasteiger partial charge in [-0.25, -0.2) is 0 Å². The fraction of sp³-hybridized carbons (Fsp3) is 0.182. The van der Waals surface area contributed by atoms with Gasteiger partial charge in [-0.2, -0.15) is 5.48 Å². The molecule has 78 valence electrons. The summed E-state index contributed by atoms with van der Waals surface area (Å²) in [6.07, 6.45) is 1.85. The Morgan fingerprint density at radius 1 is 1.47 bits per heavy atom. The van der Waals surface area contributed by atoms with Crippen molar-refractivity contribution in [3.8, 4) is 5.75 Å². The molecule has 0 aromatic heterocycles. The molecule has 0 spiro atoms. The van der Waals surface area contributed by atoms with E-state index in [0.29, 0.717) is 12.3 Å². The van der Waals surface area contributed by atoms with Crippen molar-refractivity contribution >= 4 is 11.5 Å². The first-order valence-electron chi connectivity index (χ1n) is 4.67. The maximum absolute atomic E-state index is 10.7. The van der Waals surface area contributed by atoms with E-state index in [-0.39, 0.29) is 6.42 Å². The van der Waals surface area contributed by atoms with Gasteiger partial charge in [-0.15, -0.1) is 0 Å². The van der Waals surface area contributed by atoms with Gasteiger partial charge in [-0.1, -0.05) is 24.3 Å². The first-order valence-corrected chi connectivity index (χ1v) is 4.67. The molecule has 0 saturated heterocycles. The topological polar surface area (TPSA) is 58.6 Å². The van der Waals surface area contributed by atoms with Gasteiger partial charge < -0.3 is 9.94 Å². The van der Waals surface area contributed by atoms with Crippen molar-refractivity contribution in [2.45, 2.75) is 6.42 Å². The van der Waals surface area contributed by atoms with E-state index in [1.165, 1.54) is 0 Å². The van der Waals surface area contributed by atoms with Crippen LogP contribution in [0.5, 0.6) is 5.75 Å². The van der Waals surface area contributed by atoms with Crippen LogP contribution in [0.2, 0.25) is 0 Å². The lowest BCUT2D eigenvalue weighted by Crippen LogP contribution is -2.16. The molecule has 1 aliphatic rings. The van der Waals surface area contributed by atoms with E-state index in [0.717, 1.165) is 11.1 Å². The SMILES string of the molecule is O=C(O)CC1=CCNOc2ccccc21. The van der Waals surface area contributed by atoms with Gasteiger partial charge in [0, 0.05) is 5.56 Å². The molecule has 0 aliphatic carbocycles. The molecule has 4 heteroatoms. The third-order valence-electron chi connectivity index (χ3n) is 2.19. The number of benzene rings is 1. The molecule has 4 nitrogen and oxygen atoms in total. The number of hydrogen-bond acceptors (Lipinski definition) is 3. The summed E-state index contributed by atoms with van der Waals surface area (Å²) in [5, 5.41) is 8.78. The minimum absolute atomic E-state index is 0.0159. The summed E-state index contributed by atoms with van der Waals surface area (Å²) in [4.78, 5) is 16.0. The molecule has 0 radical (unpaired) electrons. The Bertz CT molecular complexity index is 412. The maximum atomic E-state index is 10.7. The molecule has 0 unspecified atom stereocenters. The number of nitrogens with one attached hydrogen (secondary N) is 1. The highest BCUT2D eigenvalue weighted by Gasteiger charge is 2.14. The Morgan fingerprint density at radius 2 is 2.27 bits per heavy atom. The molecule has 15 heavy (non-hydrogen) atoms. The van der Waals surface area contributed by atoms with Gasteiger partial charge in [0.15, 0.2) is 5.75 Å². The van der Waals surface area contributed by atoms with Gasteiger partial charge in [-0.05, 0) is 11.6 Å². The average Bonchev–Trinajstić information content (AvgIpc) is 2.41. The van der Waals surface area contributed by atoms with Crippen LogP contribution < -0.4 is 10.3 Å². The van der Waals surface area contributed by atoms with Gasteiger partial charge in [0.2, 0.25) is 0 Å². The zero-order valence-corrected chi connectivity index (χ0v) is 8.06. The zero-order chi connectivity index (χ0) is 10.7. The number of aliphatic carboxylic acids is 1. The molecule has 1 aliphatic heterocycles. The van der Waals surface area contributed by atoms with Gasteiger partial charge in [0.1, 0.15) is 0 Å². The largest absolute Gasteiger partial charge is 0.481 e. The highest BCUT2D eigenvalue weighted by atomic mass is 16.6. The van der Waals surface area contributed by atoms with E-state index >= 15 is 0 Å². The molecule has 0 bridgehead atoms. The fourth-order valence-corrected chi connectivity index (χ4v) is 1.55. The predicted molar refractivity (Wildman–Crippen MR) is 55.3 cm³/mol. The maximum Gasteiger partial charge on any atom is 0.307 e. The normalized spacial score (nSPS) is 14.5. The number of carboxylic acid groups (broad SMARTS) is 1. The first kappa shape index (κ1) is 9.73. The fourth-order valence-electron chi connectivity index (χ4n) is 1.55. The van der Waals surface area contributed by atoms with Gasteiger partial charge in [0.25, 0.3) is 0 Å².